The molecule has 1 N–H and O–H groups in total. The standard InChI is InChI=1S/C27H26N4O5S/c1-16-14-17(2)25(18(3)15-16)36-27-21(26(32)31-37(33,34)24-8-6-7-13-28-24)9-11-22(30-27)20-10-12-23(35-5)29-19(20)4/h6-15H,1-5H3,(H,31,32). The smallest absolute Gasteiger partial charge is 0.281 e. The van der Waals surface area contributed by atoms with Crippen LogP contribution in [-0.2, 0) is 10.0 Å². The molecule has 9 nitrogen and oxygen atoms in total. The van der Waals surface area contributed by atoms with E-state index in [4.69, 9.17) is 9.47 Å². The van der Waals surface area contributed by atoms with Gasteiger partial charge in [0.2, 0.25) is 11.8 Å². The number of methoxy groups -OCH3 is 1. The van der Waals surface area contributed by atoms with Gasteiger partial charge >= 0.3 is 0 Å². The maximum absolute atomic E-state index is 13.2. The van der Waals surface area contributed by atoms with Crippen molar-refractivity contribution in [1.82, 2.24) is 19.7 Å². The number of rotatable bonds is 7. The van der Waals surface area contributed by atoms with E-state index in [1.807, 2.05) is 39.8 Å². The Morgan fingerprint density at radius 1 is 0.919 bits per heavy atom. The van der Waals surface area contributed by atoms with Gasteiger partial charge in [0.05, 0.1) is 18.5 Å². The first-order valence-electron chi connectivity index (χ1n) is 11.4. The first-order valence-corrected chi connectivity index (χ1v) is 12.8. The average Bonchev–Trinajstić information content (AvgIpc) is 2.86. The largest absolute Gasteiger partial charge is 0.481 e. The molecule has 0 bridgehead atoms. The van der Waals surface area contributed by atoms with Crippen LogP contribution in [0.2, 0.25) is 0 Å². The molecule has 0 spiro atoms. The van der Waals surface area contributed by atoms with Crippen molar-refractivity contribution in [2.75, 3.05) is 7.11 Å². The number of carbonyl (C=O) groups is 1. The lowest BCUT2D eigenvalue weighted by Crippen LogP contribution is -2.31. The van der Waals surface area contributed by atoms with E-state index in [1.54, 1.807) is 24.3 Å². The van der Waals surface area contributed by atoms with Crippen molar-refractivity contribution in [3.63, 3.8) is 0 Å². The van der Waals surface area contributed by atoms with Crippen LogP contribution in [-0.4, -0.2) is 36.4 Å². The molecule has 1 amide bonds. The number of pyridine rings is 3. The highest BCUT2D eigenvalue weighted by atomic mass is 32.2. The van der Waals surface area contributed by atoms with Gasteiger partial charge in [0.1, 0.15) is 11.3 Å². The molecule has 37 heavy (non-hydrogen) atoms. The first kappa shape index (κ1) is 25.8. The summed E-state index contributed by atoms with van der Waals surface area (Å²) >= 11 is 0. The number of hydrogen-bond donors (Lipinski definition) is 1. The molecule has 3 aromatic heterocycles. The van der Waals surface area contributed by atoms with Crippen LogP contribution in [0.25, 0.3) is 11.3 Å². The van der Waals surface area contributed by atoms with Crippen LogP contribution in [0.4, 0.5) is 0 Å². The van der Waals surface area contributed by atoms with Gasteiger partial charge in [0, 0.05) is 17.8 Å². The molecule has 0 aliphatic rings. The molecule has 4 aromatic rings. The van der Waals surface area contributed by atoms with Crippen LogP contribution < -0.4 is 14.2 Å². The summed E-state index contributed by atoms with van der Waals surface area (Å²) < 4.78 is 38.9. The number of aryl methyl sites for hydroxylation is 4. The Bertz CT molecular complexity index is 1570. The summed E-state index contributed by atoms with van der Waals surface area (Å²) in [5, 5.41) is -0.277. The van der Waals surface area contributed by atoms with Crippen LogP contribution in [0.5, 0.6) is 17.5 Å². The fourth-order valence-corrected chi connectivity index (χ4v) is 4.84. The molecule has 0 atom stereocenters. The minimum absolute atomic E-state index is 0.0449. The van der Waals surface area contributed by atoms with Crippen LogP contribution in [0, 0.1) is 27.7 Å². The fourth-order valence-electron chi connectivity index (χ4n) is 3.92. The highest BCUT2D eigenvalue weighted by Crippen LogP contribution is 2.33. The lowest BCUT2D eigenvalue weighted by Gasteiger charge is -2.16. The van der Waals surface area contributed by atoms with E-state index >= 15 is 0 Å². The SMILES string of the molecule is COc1ccc(-c2ccc(C(=O)NS(=O)(=O)c3ccccn3)c(Oc3c(C)cc(C)cc3C)n2)c(C)n1. The normalized spacial score (nSPS) is 11.2. The van der Waals surface area contributed by atoms with Crippen molar-refractivity contribution in [2.45, 2.75) is 32.7 Å². The number of benzene rings is 1. The molecule has 3 heterocycles. The minimum atomic E-state index is -4.21. The Morgan fingerprint density at radius 2 is 1.65 bits per heavy atom. The summed E-state index contributed by atoms with van der Waals surface area (Å²) in [6.45, 7) is 7.57. The molecule has 0 unspecified atom stereocenters. The number of aromatic nitrogens is 3. The van der Waals surface area contributed by atoms with Crippen molar-refractivity contribution in [3.05, 3.63) is 88.7 Å². The number of carbonyl (C=O) groups excluding carboxylic acids is 1. The third-order valence-electron chi connectivity index (χ3n) is 5.59. The van der Waals surface area contributed by atoms with Crippen LogP contribution in [0.3, 0.4) is 0 Å². The molecule has 0 aliphatic carbocycles. The summed E-state index contributed by atoms with van der Waals surface area (Å²) in [6, 6.07) is 14.9. The van der Waals surface area contributed by atoms with Gasteiger partial charge in [-0.25, -0.2) is 19.7 Å². The highest BCUT2D eigenvalue weighted by molar-refractivity contribution is 7.90. The number of nitrogens with zero attached hydrogens (tertiary/aromatic N) is 3. The van der Waals surface area contributed by atoms with Gasteiger partial charge in [-0.15, -0.1) is 0 Å². The summed E-state index contributed by atoms with van der Waals surface area (Å²) in [6.07, 6.45) is 1.33. The number of ether oxygens (including phenoxy) is 2. The maximum atomic E-state index is 13.2. The molecule has 0 fully saturated rings. The Hall–Kier alpha value is -4.31. The molecule has 10 heteroatoms. The first-order chi connectivity index (χ1) is 17.6. The van der Waals surface area contributed by atoms with Gasteiger partial charge in [-0.05, 0) is 69.2 Å². The lowest BCUT2D eigenvalue weighted by atomic mass is 10.1. The second kappa shape index (κ2) is 10.4. The van der Waals surface area contributed by atoms with Gasteiger partial charge in [0.15, 0.2) is 5.03 Å². The molecule has 1 aromatic carbocycles. The van der Waals surface area contributed by atoms with Gasteiger partial charge in [-0.3, -0.25) is 4.79 Å². The molecule has 190 valence electrons. The van der Waals surface area contributed by atoms with Gasteiger partial charge < -0.3 is 9.47 Å². The van der Waals surface area contributed by atoms with E-state index in [2.05, 4.69) is 19.7 Å². The average molecular weight is 519 g/mol. The third-order valence-corrected chi connectivity index (χ3v) is 6.84. The van der Waals surface area contributed by atoms with Crippen molar-refractivity contribution in [3.8, 4) is 28.8 Å². The molecule has 0 radical (unpaired) electrons. The van der Waals surface area contributed by atoms with Crippen molar-refractivity contribution >= 4 is 15.9 Å². The number of nitrogens with one attached hydrogen (secondary N) is 1. The van der Waals surface area contributed by atoms with Gasteiger partial charge in [0.25, 0.3) is 15.9 Å². The summed E-state index contributed by atoms with van der Waals surface area (Å²) in [7, 11) is -2.68. The Morgan fingerprint density at radius 3 is 2.27 bits per heavy atom. The summed E-state index contributed by atoms with van der Waals surface area (Å²) in [4.78, 5) is 26.0. The molecular formula is C27H26N4O5S. The quantitative estimate of drug-likeness (QED) is 0.374. The molecule has 0 saturated carbocycles. The number of hydrogen-bond acceptors (Lipinski definition) is 8. The van der Waals surface area contributed by atoms with E-state index in [1.165, 1.54) is 31.5 Å². The van der Waals surface area contributed by atoms with E-state index in [0.29, 0.717) is 28.6 Å². The molecule has 4 rings (SSSR count). The predicted octanol–water partition coefficient (Wildman–Crippen LogP) is 4.69. The Kier molecular flexibility index (Phi) is 7.21. The van der Waals surface area contributed by atoms with Crippen molar-refractivity contribution < 1.29 is 22.7 Å². The fraction of sp³-hybridized carbons (Fsp3) is 0.185. The monoisotopic (exact) mass is 518 g/mol. The lowest BCUT2D eigenvalue weighted by molar-refractivity contribution is 0.0978. The van der Waals surface area contributed by atoms with E-state index < -0.39 is 15.9 Å². The summed E-state index contributed by atoms with van der Waals surface area (Å²) in [5.41, 5.74) is 4.56. The zero-order valence-electron chi connectivity index (χ0n) is 21.1. The molecular weight excluding hydrogens is 492 g/mol. The van der Waals surface area contributed by atoms with Crippen molar-refractivity contribution in [1.29, 1.82) is 0 Å². The molecule has 0 saturated heterocycles. The molecule has 0 aliphatic heterocycles. The predicted molar refractivity (Wildman–Crippen MR) is 138 cm³/mol. The van der Waals surface area contributed by atoms with Gasteiger partial charge in [-0.1, -0.05) is 23.8 Å². The highest BCUT2D eigenvalue weighted by Gasteiger charge is 2.24. The second-order valence-electron chi connectivity index (χ2n) is 8.47. The Balaban J connectivity index is 1.80. The van der Waals surface area contributed by atoms with Crippen LogP contribution in [0.15, 0.2) is 65.8 Å². The van der Waals surface area contributed by atoms with E-state index in [0.717, 1.165) is 16.7 Å². The number of sulfonamides is 1. The van der Waals surface area contributed by atoms with Crippen LogP contribution >= 0.6 is 0 Å². The van der Waals surface area contributed by atoms with E-state index in [9.17, 15) is 13.2 Å². The van der Waals surface area contributed by atoms with Crippen molar-refractivity contribution in [2.24, 2.45) is 0 Å². The topological polar surface area (TPSA) is 120 Å². The maximum Gasteiger partial charge on any atom is 0.281 e. The summed E-state index contributed by atoms with van der Waals surface area (Å²) in [5.74, 6) is 0.0454. The Labute approximate surface area is 215 Å². The third kappa shape index (κ3) is 5.59. The van der Waals surface area contributed by atoms with Crippen LogP contribution in [0.1, 0.15) is 32.7 Å². The van der Waals surface area contributed by atoms with Gasteiger partial charge in [-0.2, -0.15) is 8.42 Å². The zero-order valence-corrected chi connectivity index (χ0v) is 21.9. The van der Waals surface area contributed by atoms with E-state index in [-0.39, 0.29) is 16.5 Å². The second-order valence-corrected chi connectivity index (χ2v) is 10.1. The zero-order chi connectivity index (χ0) is 26.7. The number of amides is 1. The minimum Gasteiger partial charge on any atom is -0.481 e.